The summed E-state index contributed by atoms with van der Waals surface area (Å²) in [6.45, 7) is 1.97. The molecule has 15 heavy (non-hydrogen) atoms. The second kappa shape index (κ2) is 4.03. The highest BCUT2D eigenvalue weighted by atomic mass is 79.9. The maximum Gasteiger partial charge on any atom is 0.356 e. The number of thiazole rings is 1. The fraction of sp³-hybridized carbons (Fsp3) is 0.111. The molecule has 0 saturated heterocycles. The Labute approximate surface area is 103 Å². The molecule has 78 valence electrons. The van der Waals surface area contributed by atoms with E-state index in [9.17, 15) is 4.79 Å². The summed E-state index contributed by atoms with van der Waals surface area (Å²) in [5.74, 6) is -0.988. The van der Waals surface area contributed by atoms with Crippen molar-refractivity contribution in [3.05, 3.63) is 25.9 Å². The van der Waals surface area contributed by atoms with E-state index in [0.717, 1.165) is 10.4 Å². The normalized spacial score (nSPS) is 10.5. The molecule has 6 heteroatoms. The molecule has 2 aromatic rings. The summed E-state index contributed by atoms with van der Waals surface area (Å²) < 4.78 is 0.598. The van der Waals surface area contributed by atoms with Gasteiger partial charge in [0.15, 0.2) is 9.61 Å². The Bertz CT molecular complexity index is 518. The van der Waals surface area contributed by atoms with Gasteiger partial charge < -0.3 is 5.11 Å². The Morgan fingerprint density at radius 3 is 2.87 bits per heavy atom. The van der Waals surface area contributed by atoms with Crippen molar-refractivity contribution in [2.75, 3.05) is 0 Å². The van der Waals surface area contributed by atoms with Crippen LogP contribution in [0.3, 0.4) is 0 Å². The quantitative estimate of drug-likeness (QED) is 0.921. The molecule has 0 aliphatic carbocycles. The largest absolute Gasteiger partial charge is 0.476 e. The average Bonchev–Trinajstić information content (AvgIpc) is 2.71. The highest BCUT2D eigenvalue weighted by molar-refractivity contribution is 9.11. The third-order valence-corrected chi connectivity index (χ3v) is 4.29. The molecular formula is C9H6BrNO2S2. The monoisotopic (exact) mass is 303 g/mol. The molecular weight excluding hydrogens is 298 g/mol. The van der Waals surface area contributed by atoms with Crippen LogP contribution in [0, 0.1) is 6.92 Å². The van der Waals surface area contributed by atoms with Crippen LogP contribution in [-0.4, -0.2) is 16.1 Å². The zero-order valence-corrected chi connectivity index (χ0v) is 10.9. The number of hydrogen-bond donors (Lipinski definition) is 1. The van der Waals surface area contributed by atoms with E-state index in [4.69, 9.17) is 5.11 Å². The lowest BCUT2D eigenvalue weighted by atomic mass is 10.2. The number of aromatic carboxylic acids is 1. The molecule has 0 fully saturated rings. The zero-order valence-electron chi connectivity index (χ0n) is 7.65. The predicted octanol–water partition coefficient (Wildman–Crippen LogP) is 3.64. The first-order valence-electron chi connectivity index (χ1n) is 4.03. The van der Waals surface area contributed by atoms with Crippen molar-refractivity contribution in [3.63, 3.8) is 0 Å². The number of aromatic nitrogens is 1. The average molecular weight is 304 g/mol. The van der Waals surface area contributed by atoms with Crippen molar-refractivity contribution < 1.29 is 9.90 Å². The molecule has 3 nitrogen and oxygen atoms in total. The van der Waals surface area contributed by atoms with Gasteiger partial charge in [-0.15, -0.1) is 22.7 Å². The van der Waals surface area contributed by atoms with Crippen LogP contribution in [0.25, 0.3) is 10.4 Å². The third kappa shape index (κ3) is 1.97. The zero-order chi connectivity index (χ0) is 11.0. The van der Waals surface area contributed by atoms with Crippen LogP contribution in [0.5, 0.6) is 0 Å². The molecule has 1 N–H and O–H groups in total. The first-order chi connectivity index (χ1) is 7.09. The number of carboxylic acids is 1. The fourth-order valence-electron chi connectivity index (χ4n) is 1.24. The summed E-state index contributed by atoms with van der Waals surface area (Å²) in [7, 11) is 0. The van der Waals surface area contributed by atoms with E-state index < -0.39 is 5.97 Å². The Balaban J connectivity index is 2.62. The highest BCUT2D eigenvalue weighted by Crippen LogP contribution is 2.36. The Kier molecular flexibility index (Phi) is 2.90. The van der Waals surface area contributed by atoms with Gasteiger partial charge in [-0.2, -0.15) is 0 Å². The van der Waals surface area contributed by atoms with Crippen molar-refractivity contribution in [2.45, 2.75) is 6.92 Å². The summed E-state index contributed by atoms with van der Waals surface area (Å²) in [6, 6.07) is 1.92. The van der Waals surface area contributed by atoms with Gasteiger partial charge in [-0.3, -0.25) is 0 Å². The van der Waals surface area contributed by atoms with Crippen molar-refractivity contribution >= 4 is 44.6 Å². The second-order valence-corrected chi connectivity index (χ2v) is 6.24. The summed E-state index contributed by atoms with van der Waals surface area (Å²) >= 11 is 6.15. The summed E-state index contributed by atoms with van der Waals surface area (Å²) in [6.07, 6.45) is 0. The minimum atomic E-state index is -0.988. The maximum atomic E-state index is 11.0. The lowest BCUT2D eigenvalue weighted by molar-refractivity contribution is 0.0692. The van der Waals surface area contributed by atoms with Gasteiger partial charge in [0, 0.05) is 10.4 Å². The smallest absolute Gasteiger partial charge is 0.356 e. The van der Waals surface area contributed by atoms with Crippen molar-refractivity contribution in [2.24, 2.45) is 0 Å². The van der Waals surface area contributed by atoms with Crippen LogP contribution >= 0.6 is 38.6 Å². The number of hydrogen-bond acceptors (Lipinski definition) is 4. The SMILES string of the molecule is Cc1sccc1-c1sc(Br)nc1C(=O)O. The van der Waals surface area contributed by atoms with Crippen LogP contribution in [0.4, 0.5) is 0 Å². The minimum Gasteiger partial charge on any atom is -0.476 e. The van der Waals surface area contributed by atoms with Gasteiger partial charge in [0.25, 0.3) is 0 Å². The van der Waals surface area contributed by atoms with E-state index in [1.807, 2.05) is 18.4 Å². The molecule has 2 rings (SSSR count). The lowest BCUT2D eigenvalue weighted by Crippen LogP contribution is -1.98. The topological polar surface area (TPSA) is 50.2 Å². The number of halogens is 1. The minimum absolute atomic E-state index is 0.119. The van der Waals surface area contributed by atoms with Crippen LogP contribution in [0.2, 0.25) is 0 Å². The molecule has 0 aliphatic heterocycles. The van der Waals surface area contributed by atoms with Gasteiger partial charge in [-0.1, -0.05) is 0 Å². The fourth-order valence-corrected chi connectivity index (χ4v) is 3.54. The van der Waals surface area contributed by atoms with E-state index >= 15 is 0 Å². The van der Waals surface area contributed by atoms with Crippen LogP contribution in [0.15, 0.2) is 15.4 Å². The van der Waals surface area contributed by atoms with Gasteiger partial charge in [-0.25, -0.2) is 9.78 Å². The first kappa shape index (κ1) is 10.8. The Morgan fingerprint density at radius 1 is 1.60 bits per heavy atom. The van der Waals surface area contributed by atoms with Gasteiger partial charge in [0.2, 0.25) is 0 Å². The number of carboxylic acid groups (broad SMARTS) is 1. The molecule has 0 amide bonds. The van der Waals surface area contributed by atoms with Crippen molar-refractivity contribution in [1.29, 1.82) is 0 Å². The molecule has 0 unspecified atom stereocenters. The molecule has 0 aromatic carbocycles. The first-order valence-corrected chi connectivity index (χ1v) is 6.52. The molecule has 2 aromatic heterocycles. The van der Waals surface area contributed by atoms with E-state index in [2.05, 4.69) is 20.9 Å². The van der Waals surface area contributed by atoms with Gasteiger partial charge in [-0.05, 0) is 34.3 Å². The number of thiophene rings is 1. The number of rotatable bonds is 2. The summed E-state index contributed by atoms with van der Waals surface area (Å²) in [5.41, 5.74) is 1.08. The number of carbonyl (C=O) groups is 1. The van der Waals surface area contributed by atoms with E-state index in [1.54, 1.807) is 11.3 Å². The third-order valence-electron chi connectivity index (χ3n) is 1.91. The Morgan fingerprint density at radius 2 is 2.33 bits per heavy atom. The molecule has 0 aliphatic rings. The Hall–Kier alpha value is -0.720. The van der Waals surface area contributed by atoms with Crippen LogP contribution in [0.1, 0.15) is 15.4 Å². The predicted molar refractivity (Wildman–Crippen MR) is 64.8 cm³/mol. The van der Waals surface area contributed by atoms with Crippen molar-refractivity contribution in [3.8, 4) is 10.4 Å². The number of aryl methyl sites for hydroxylation is 1. The molecule has 0 spiro atoms. The highest BCUT2D eigenvalue weighted by Gasteiger charge is 2.19. The second-order valence-electron chi connectivity index (χ2n) is 2.84. The van der Waals surface area contributed by atoms with E-state index in [0.29, 0.717) is 8.79 Å². The molecule has 0 bridgehead atoms. The summed E-state index contributed by atoms with van der Waals surface area (Å²) in [4.78, 5) is 16.7. The maximum absolute atomic E-state index is 11.0. The van der Waals surface area contributed by atoms with Gasteiger partial charge >= 0.3 is 5.97 Å². The van der Waals surface area contributed by atoms with Crippen molar-refractivity contribution in [1.82, 2.24) is 4.98 Å². The standard InChI is InChI=1S/C9H6BrNO2S2/c1-4-5(2-3-14-4)7-6(8(12)13)11-9(10)15-7/h2-3H,1H3,(H,12,13). The molecule has 0 atom stereocenters. The van der Waals surface area contributed by atoms with E-state index in [1.165, 1.54) is 11.3 Å². The van der Waals surface area contributed by atoms with Crippen LogP contribution in [-0.2, 0) is 0 Å². The number of nitrogens with zero attached hydrogens (tertiary/aromatic N) is 1. The molecule has 0 radical (unpaired) electrons. The van der Waals surface area contributed by atoms with Gasteiger partial charge in [0.05, 0.1) is 4.88 Å². The van der Waals surface area contributed by atoms with Gasteiger partial charge in [0.1, 0.15) is 0 Å². The van der Waals surface area contributed by atoms with Crippen LogP contribution < -0.4 is 0 Å². The van der Waals surface area contributed by atoms with E-state index in [-0.39, 0.29) is 5.69 Å². The molecule has 0 saturated carbocycles. The molecule has 2 heterocycles. The lowest BCUT2D eigenvalue weighted by Gasteiger charge is -1.96. The summed E-state index contributed by atoms with van der Waals surface area (Å²) in [5, 5.41) is 10.9.